The molecular formula is C35H39N3O5S. The minimum absolute atomic E-state index is 0.0328. The van der Waals surface area contributed by atoms with E-state index in [-0.39, 0.29) is 29.5 Å². The molecule has 1 atom stereocenters. The van der Waals surface area contributed by atoms with Gasteiger partial charge in [0.1, 0.15) is 18.3 Å². The molecule has 0 unspecified atom stereocenters. The first-order valence-corrected chi connectivity index (χ1v) is 16.1. The van der Waals surface area contributed by atoms with Gasteiger partial charge in [-0.15, -0.1) is 0 Å². The minimum Gasteiger partial charge on any atom is -0.495 e. The van der Waals surface area contributed by atoms with Crippen LogP contribution in [0.3, 0.4) is 0 Å². The van der Waals surface area contributed by atoms with Gasteiger partial charge in [0.05, 0.1) is 17.7 Å². The predicted octanol–water partition coefficient (Wildman–Crippen LogP) is 5.37. The van der Waals surface area contributed by atoms with Crippen LogP contribution in [0.2, 0.25) is 0 Å². The lowest BCUT2D eigenvalue weighted by molar-refractivity contribution is -0.140. The van der Waals surface area contributed by atoms with Crippen LogP contribution >= 0.6 is 0 Å². The molecule has 4 rings (SSSR count). The van der Waals surface area contributed by atoms with Crippen molar-refractivity contribution in [3.05, 3.63) is 126 Å². The van der Waals surface area contributed by atoms with Crippen molar-refractivity contribution >= 4 is 27.5 Å². The number of para-hydroxylation sites is 2. The average molecular weight is 614 g/mol. The molecule has 0 bridgehead atoms. The number of methoxy groups -OCH3 is 1. The molecule has 0 radical (unpaired) electrons. The van der Waals surface area contributed by atoms with Crippen LogP contribution in [0.1, 0.15) is 30.0 Å². The summed E-state index contributed by atoms with van der Waals surface area (Å²) >= 11 is 0. The summed E-state index contributed by atoms with van der Waals surface area (Å²) in [5.74, 6) is -0.525. The van der Waals surface area contributed by atoms with Gasteiger partial charge in [-0.1, -0.05) is 97.4 Å². The zero-order valence-corrected chi connectivity index (χ0v) is 26.2. The average Bonchev–Trinajstić information content (AvgIpc) is 3.04. The van der Waals surface area contributed by atoms with E-state index in [9.17, 15) is 18.0 Å². The maximum absolute atomic E-state index is 14.5. The number of nitrogens with zero attached hydrogens (tertiary/aromatic N) is 2. The Labute approximate surface area is 260 Å². The standard InChI is InChI=1S/C35H39N3O5S/c1-4-22-36-35(40)32(24-28-15-7-5-8-16-28)37(25-29-17-13-14-27(2)23-29)34(39)26-38(31-20-11-12-21-33(31)43-3)44(41,42)30-18-9-6-10-19-30/h5-21,23,32H,4,22,24-26H2,1-3H3,(H,36,40)/t32-/m0/s1. The van der Waals surface area contributed by atoms with E-state index in [0.29, 0.717) is 12.3 Å². The number of benzene rings is 4. The van der Waals surface area contributed by atoms with Crippen molar-refractivity contribution in [1.29, 1.82) is 0 Å². The second-order valence-electron chi connectivity index (χ2n) is 10.5. The van der Waals surface area contributed by atoms with Gasteiger partial charge in [-0.3, -0.25) is 13.9 Å². The summed E-state index contributed by atoms with van der Waals surface area (Å²) in [6.07, 6.45) is 0.987. The second-order valence-corrected chi connectivity index (χ2v) is 12.4. The van der Waals surface area contributed by atoms with E-state index in [4.69, 9.17) is 4.74 Å². The molecule has 0 aliphatic carbocycles. The largest absolute Gasteiger partial charge is 0.495 e. The molecule has 9 heteroatoms. The summed E-state index contributed by atoms with van der Waals surface area (Å²) in [5.41, 5.74) is 2.93. The van der Waals surface area contributed by atoms with Crippen molar-refractivity contribution in [2.75, 3.05) is 24.5 Å². The first-order chi connectivity index (χ1) is 21.2. The highest BCUT2D eigenvalue weighted by atomic mass is 32.2. The topological polar surface area (TPSA) is 96.0 Å². The van der Waals surface area contributed by atoms with E-state index in [0.717, 1.165) is 27.4 Å². The molecule has 8 nitrogen and oxygen atoms in total. The number of aryl methyl sites for hydroxylation is 1. The van der Waals surface area contributed by atoms with Gasteiger partial charge in [0.2, 0.25) is 11.8 Å². The Morgan fingerprint density at radius 1 is 0.841 bits per heavy atom. The van der Waals surface area contributed by atoms with Gasteiger partial charge in [0.25, 0.3) is 10.0 Å². The Kier molecular flexibility index (Phi) is 11.2. The summed E-state index contributed by atoms with van der Waals surface area (Å²) < 4.78 is 34.8. The molecule has 1 N–H and O–H groups in total. The van der Waals surface area contributed by atoms with Crippen LogP contribution in [0, 0.1) is 6.92 Å². The number of rotatable bonds is 14. The zero-order valence-electron chi connectivity index (χ0n) is 25.3. The maximum Gasteiger partial charge on any atom is 0.264 e. The van der Waals surface area contributed by atoms with E-state index in [1.807, 2.05) is 68.4 Å². The van der Waals surface area contributed by atoms with Crippen molar-refractivity contribution in [3.8, 4) is 5.75 Å². The van der Waals surface area contributed by atoms with E-state index < -0.39 is 28.5 Å². The third-order valence-corrected chi connectivity index (χ3v) is 8.99. The molecule has 0 aliphatic heterocycles. The number of nitrogens with one attached hydrogen (secondary N) is 1. The molecule has 0 fully saturated rings. The number of ether oxygens (including phenoxy) is 1. The van der Waals surface area contributed by atoms with Crippen LogP contribution in [0.4, 0.5) is 5.69 Å². The van der Waals surface area contributed by atoms with Gasteiger partial charge in [-0.2, -0.15) is 0 Å². The quantitative estimate of drug-likeness (QED) is 0.207. The molecule has 4 aromatic rings. The number of hydrogen-bond acceptors (Lipinski definition) is 5. The smallest absolute Gasteiger partial charge is 0.264 e. The maximum atomic E-state index is 14.5. The lowest BCUT2D eigenvalue weighted by atomic mass is 10.0. The molecule has 2 amide bonds. The van der Waals surface area contributed by atoms with E-state index in [1.165, 1.54) is 24.1 Å². The molecule has 0 spiro atoms. The third-order valence-electron chi connectivity index (χ3n) is 7.22. The Bertz CT molecular complexity index is 1650. The fourth-order valence-corrected chi connectivity index (χ4v) is 6.44. The SMILES string of the molecule is CCCNC(=O)[C@H](Cc1ccccc1)N(Cc1cccc(C)c1)C(=O)CN(c1ccccc1OC)S(=O)(=O)c1ccccc1. The van der Waals surface area contributed by atoms with E-state index in [2.05, 4.69) is 5.32 Å². The number of carbonyl (C=O) groups is 2. The van der Waals surface area contributed by atoms with Crippen LogP contribution in [-0.2, 0) is 32.6 Å². The van der Waals surface area contributed by atoms with Crippen molar-refractivity contribution in [2.45, 2.75) is 44.2 Å². The Balaban J connectivity index is 1.82. The summed E-state index contributed by atoms with van der Waals surface area (Å²) in [6, 6.07) is 31.0. The van der Waals surface area contributed by atoms with Crippen molar-refractivity contribution < 1.29 is 22.7 Å². The lowest BCUT2D eigenvalue weighted by Crippen LogP contribution is -2.53. The van der Waals surface area contributed by atoms with Crippen molar-refractivity contribution in [2.24, 2.45) is 0 Å². The molecule has 44 heavy (non-hydrogen) atoms. The zero-order chi connectivity index (χ0) is 31.5. The molecule has 0 saturated heterocycles. The van der Waals surface area contributed by atoms with Crippen molar-refractivity contribution in [1.82, 2.24) is 10.2 Å². The number of amides is 2. The van der Waals surface area contributed by atoms with Gasteiger partial charge in [0, 0.05) is 19.5 Å². The highest BCUT2D eigenvalue weighted by molar-refractivity contribution is 7.92. The van der Waals surface area contributed by atoms with Gasteiger partial charge >= 0.3 is 0 Å². The van der Waals surface area contributed by atoms with E-state index in [1.54, 1.807) is 42.5 Å². The fourth-order valence-electron chi connectivity index (χ4n) is 5.00. The van der Waals surface area contributed by atoms with Gasteiger partial charge < -0.3 is 15.0 Å². The van der Waals surface area contributed by atoms with Crippen LogP contribution in [0.25, 0.3) is 0 Å². The first-order valence-electron chi connectivity index (χ1n) is 14.6. The fraction of sp³-hybridized carbons (Fsp3) is 0.257. The normalized spacial score (nSPS) is 11.8. The molecular weight excluding hydrogens is 574 g/mol. The Morgan fingerprint density at radius 2 is 1.48 bits per heavy atom. The highest BCUT2D eigenvalue weighted by Crippen LogP contribution is 2.32. The van der Waals surface area contributed by atoms with Crippen LogP contribution in [-0.4, -0.2) is 51.4 Å². The second kappa shape index (κ2) is 15.2. The number of hydrogen-bond donors (Lipinski definition) is 1. The van der Waals surface area contributed by atoms with Crippen LogP contribution < -0.4 is 14.4 Å². The molecule has 0 saturated carbocycles. The summed E-state index contributed by atoms with van der Waals surface area (Å²) in [7, 11) is -2.76. The summed E-state index contributed by atoms with van der Waals surface area (Å²) in [5, 5.41) is 2.96. The lowest BCUT2D eigenvalue weighted by Gasteiger charge is -2.34. The monoisotopic (exact) mass is 613 g/mol. The molecule has 0 heterocycles. The number of carbonyl (C=O) groups excluding carboxylic acids is 2. The van der Waals surface area contributed by atoms with Gasteiger partial charge in [0.15, 0.2) is 0 Å². The molecule has 230 valence electrons. The van der Waals surface area contributed by atoms with Gasteiger partial charge in [-0.25, -0.2) is 8.42 Å². The van der Waals surface area contributed by atoms with Crippen LogP contribution in [0.15, 0.2) is 114 Å². The minimum atomic E-state index is -4.21. The Morgan fingerprint density at radius 3 is 2.14 bits per heavy atom. The van der Waals surface area contributed by atoms with Crippen molar-refractivity contribution in [3.63, 3.8) is 0 Å². The van der Waals surface area contributed by atoms with Gasteiger partial charge in [-0.05, 0) is 48.7 Å². The highest BCUT2D eigenvalue weighted by Gasteiger charge is 2.35. The molecule has 0 aliphatic rings. The number of sulfonamides is 1. The molecule has 4 aromatic carbocycles. The Hall–Kier alpha value is -4.63. The summed E-state index contributed by atoms with van der Waals surface area (Å²) in [6.45, 7) is 3.94. The van der Waals surface area contributed by atoms with E-state index >= 15 is 0 Å². The first kappa shape index (κ1) is 32.3. The predicted molar refractivity (Wildman–Crippen MR) is 173 cm³/mol. The number of anilines is 1. The third kappa shape index (κ3) is 8.05. The summed E-state index contributed by atoms with van der Waals surface area (Å²) in [4.78, 5) is 29.8. The molecule has 0 aromatic heterocycles. The van der Waals surface area contributed by atoms with Crippen LogP contribution in [0.5, 0.6) is 5.75 Å².